The summed E-state index contributed by atoms with van der Waals surface area (Å²) in [5.41, 5.74) is 7.10. The maximum Gasteiger partial charge on any atom is 0.255 e. The van der Waals surface area contributed by atoms with Crippen LogP contribution in [0.15, 0.2) is 91.6 Å². The standard InChI is InChI=1S/C31H27N7O3/c1-19-13-20(23-16-33-34-17-23)7-9-25(19)37-31(39)22-6-4-5-21(14-22)26-18-38-12-11-32-30(38)29(36-26)35-24-8-10-27(40-2)28(15-24)41-3/h4-18H,1-3H3,(H,33,34)(H,35,36)(H,37,39). The zero-order chi connectivity index (χ0) is 28.3. The van der Waals surface area contributed by atoms with E-state index in [-0.39, 0.29) is 5.91 Å². The van der Waals surface area contributed by atoms with Gasteiger partial charge < -0.3 is 24.5 Å². The van der Waals surface area contributed by atoms with Crippen molar-refractivity contribution in [1.29, 1.82) is 0 Å². The molecule has 0 aliphatic heterocycles. The summed E-state index contributed by atoms with van der Waals surface area (Å²) in [4.78, 5) is 22.6. The van der Waals surface area contributed by atoms with E-state index in [2.05, 4.69) is 25.8 Å². The number of carbonyl (C=O) groups is 1. The average molecular weight is 546 g/mol. The molecule has 204 valence electrons. The second-order valence-electron chi connectivity index (χ2n) is 9.38. The van der Waals surface area contributed by atoms with Crippen LogP contribution in [0, 0.1) is 6.92 Å². The lowest BCUT2D eigenvalue weighted by atomic mass is 10.0. The first-order valence-corrected chi connectivity index (χ1v) is 12.9. The van der Waals surface area contributed by atoms with E-state index in [0.717, 1.165) is 33.6 Å². The van der Waals surface area contributed by atoms with Crippen LogP contribution >= 0.6 is 0 Å². The van der Waals surface area contributed by atoms with E-state index < -0.39 is 0 Å². The number of ether oxygens (including phenoxy) is 2. The predicted molar refractivity (Wildman–Crippen MR) is 158 cm³/mol. The van der Waals surface area contributed by atoms with Crippen molar-refractivity contribution in [3.8, 4) is 33.9 Å². The van der Waals surface area contributed by atoms with Gasteiger partial charge in [0.05, 0.1) is 26.1 Å². The van der Waals surface area contributed by atoms with Gasteiger partial charge in [-0.05, 0) is 54.4 Å². The number of hydrogen-bond donors (Lipinski definition) is 3. The summed E-state index contributed by atoms with van der Waals surface area (Å²) >= 11 is 0. The third kappa shape index (κ3) is 5.18. The van der Waals surface area contributed by atoms with Gasteiger partial charge in [0.1, 0.15) is 0 Å². The number of aryl methyl sites for hydroxylation is 1. The van der Waals surface area contributed by atoms with E-state index in [1.807, 2.05) is 84.5 Å². The number of amides is 1. The SMILES string of the molecule is COc1ccc(Nc2nc(-c3cccc(C(=O)Nc4ccc(-c5cn[nH]c5)cc4C)c3)cn3ccnc23)cc1OC. The first-order chi connectivity index (χ1) is 20.0. The normalized spacial score (nSPS) is 10.9. The number of rotatable bonds is 8. The summed E-state index contributed by atoms with van der Waals surface area (Å²) in [5, 5.41) is 13.2. The molecule has 0 atom stereocenters. The van der Waals surface area contributed by atoms with Gasteiger partial charge in [0, 0.05) is 58.9 Å². The molecule has 0 saturated carbocycles. The molecule has 0 aliphatic carbocycles. The molecule has 3 N–H and O–H groups in total. The van der Waals surface area contributed by atoms with E-state index >= 15 is 0 Å². The van der Waals surface area contributed by atoms with Crippen molar-refractivity contribution < 1.29 is 14.3 Å². The average Bonchev–Trinajstić information content (AvgIpc) is 3.71. The Balaban J connectivity index is 1.28. The summed E-state index contributed by atoms with van der Waals surface area (Å²) in [7, 11) is 3.19. The molecule has 10 heteroatoms. The molecule has 1 amide bonds. The van der Waals surface area contributed by atoms with Crippen molar-refractivity contribution in [2.45, 2.75) is 6.92 Å². The number of aromatic amines is 1. The highest BCUT2D eigenvalue weighted by Gasteiger charge is 2.14. The number of benzene rings is 3. The Labute approximate surface area is 236 Å². The summed E-state index contributed by atoms with van der Waals surface area (Å²) < 4.78 is 12.7. The molecule has 3 heterocycles. The topological polar surface area (TPSA) is 118 Å². The maximum atomic E-state index is 13.3. The Bertz CT molecular complexity index is 1860. The van der Waals surface area contributed by atoms with Crippen LogP contribution in [0.25, 0.3) is 28.0 Å². The number of nitrogens with one attached hydrogen (secondary N) is 3. The molecule has 0 bridgehead atoms. The molecule has 6 rings (SSSR count). The molecule has 0 unspecified atom stereocenters. The van der Waals surface area contributed by atoms with E-state index in [1.54, 1.807) is 32.7 Å². The quantitative estimate of drug-likeness (QED) is 0.211. The van der Waals surface area contributed by atoms with Crippen molar-refractivity contribution >= 4 is 28.7 Å². The minimum Gasteiger partial charge on any atom is -0.493 e. The van der Waals surface area contributed by atoms with Gasteiger partial charge in [-0.3, -0.25) is 9.89 Å². The fourth-order valence-electron chi connectivity index (χ4n) is 4.61. The van der Waals surface area contributed by atoms with Crippen LogP contribution < -0.4 is 20.1 Å². The van der Waals surface area contributed by atoms with Crippen molar-refractivity contribution in [3.63, 3.8) is 0 Å². The number of carbonyl (C=O) groups excluding carboxylic acids is 1. The highest BCUT2D eigenvalue weighted by Crippen LogP contribution is 2.32. The summed E-state index contributed by atoms with van der Waals surface area (Å²) in [5.74, 6) is 1.57. The number of anilines is 3. The predicted octanol–water partition coefficient (Wildman–Crippen LogP) is 6.11. The third-order valence-corrected chi connectivity index (χ3v) is 6.75. The van der Waals surface area contributed by atoms with Crippen LogP contribution in [0.5, 0.6) is 11.5 Å². The third-order valence-electron chi connectivity index (χ3n) is 6.75. The molecular formula is C31H27N7O3. The number of aromatic nitrogens is 5. The van der Waals surface area contributed by atoms with Crippen LogP contribution in [0.2, 0.25) is 0 Å². The van der Waals surface area contributed by atoms with Gasteiger partial charge in [-0.1, -0.05) is 18.2 Å². The summed E-state index contributed by atoms with van der Waals surface area (Å²) in [6.07, 6.45) is 9.06. The minimum absolute atomic E-state index is 0.210. The lowest BCUT2D eigenvalue weighted by molar-refractivity contribution is 0.102. The second kappa shape index (κ2) is 10.9. The lowest BCUT2D eigenvalue weighted by Gasteiger charge is -2.13. The van der Waals surface area contributed by atoms with Crippen LogP contribution in [-0.2, 0) is 0 Å². The molecule has 0 fully saturated rings. The number of hydrogen-bond acceptors (Lipinski definition) is 7. The molecule has 0 spiro atoms. The molecule has 10 nitrogen and oxygen atoms in total. The Hall–Kier alpha value is -5.64. The second-order valence-corrected chi connectivity index (χ2v) is 9.38. The first-order valence-electron chi connectivity index (χ1n) is 12.9. The highest BCUT2D eigenvalue weighted by molar-refractivity contribution is 6.05. The van der Waals surface area contributed by atoms with Crippen LogP contribution in [-0.4, -0.2) is 44.7 Å². The van der Waals surface area contributed by atoms with E-state index in [9.17, 15) is 4.79 Å². The smallest absolute Gasteiger partial charge is 0.255 e. The van der Waals surface area contributed by atoms with E-state index in [0.29, 0.717) is 34.2 Å². The van der Waals surface area contributed by atoms with E-state index in [1.165, 1.54) is 0 Å². The number of imidazole rings is 1. The summed E-state index contributed by atoms with van der Waals surface area (Å²) in [6.45, 7) is 1.97. The van der Waals surface area contributed by atoms with Gasteiger partial charge in [-0.25, -0.2) is 9.97 Å². The maximum absolute atomic E-state index is 13.3. The van der Waals surface area contributed by atoms with Crippen LogP contribution in [0.3, 0.4) is 0 Å². The van der Waals surface area contributed by atoms with Gasteiger partial charge in [0.2, 0.25) is 0 Å². The molecule has 6 aromatic rings. The molecule has 3 aromatic carbocycles. The van der Waals surface area contributed by atoms with Gasteiger partial charge in [-0.15, -0.1) is 0 Å². The first kappa shape index (κ1) is 25.6. The number of fused-ring (bicyclic) bond motifs is 1. The zero-order valence-corrected chi connectivity index (χ0v) is 22.7. The van der Waals surface area contributed by atoms with E-state index in [4.69, 9.17) is 14.5 Å². The molecule has 0 radical (unpaired) electrons. The number of nitrogens with zero attached hydrogens (tertiary/aromatic N) is 4. The number of H-pyrrole nitrogens is 1. The Morgan fingerprint density at radius 2 is 1.83 bits per heavy atom. The summed E-state index contributed by atoms with van der Waals surface area (Å²) in [6, 6.07) is 18.8. The largest absolute Gasteiger partial charge is 0.493 e. The van der Waals surface area contributed by atoms with Crippen molar-refractivity contribution in [1.82, 2.24) is 24.6 Å². The van der Waals surface area contributed by atoms with Gasteiger partial charge in [-0.2, -0.15) is 5.10 Å². The van der Waals surface area contributed by atoms with Crippen molar-refractivity contribution in [3.05, 3.63) is 103 Å². The molecule has 0 saturated heterocycles. The molecule has 3 aromatic heterocycles. The molecular weight excluding hydrogens is 518 g/mol. The minimum atomic E-state index is -0.210. The monoisotopic (exact) mass is 545 g/mol. The van der Waals surface area contributed by atoms with Gasteiger partial charge in [0.25, 0.3) is 5.91 Å². The van der Waals surface area contributed by atoms with Crippen LogP contribution in [0.4, 0.5) is 17.2 Å². The fraction of sp³-hybridized carbons (Fsp3) is 0.0968. The van der Waals surface area contributed by atoms with Gasteiger partial charge >= 0.3 is 0 Å². The Kier molecular flexibility index (Phi) is 6.78. The zero-order valence-electron chi connectivity index (χ0n) is 22.7. The lowest BCUT2D eigenvalue weighted by Crippen LogP contribution is -2.13. The number of methoxy groups -OCH3 is 2. The van der Waals surface area contributed by atoms with Crippen molar-refractivity contribution in [2.24, 2.45) is 0 Å². The van der Waals surface area contributed by atoms with Crippen LogP contribution in [0.1, 0.15) is 15.9 Å². The Morgan fingerprint density at radius 1 is 0.951 bits per heavy atom. The fourth-order valence-corrected chi connectivity index (χ4v) is 4.61. The molecule has 0 aliphatic rings. The Morgan fingerprint density at radius 3 is 2.61 bits per heavy atom. The van der Waals surface area contributed by atoms with Crippen molar-refractivity contribution in [2.75, 3.05) is 24.9 Å². The highest BCUT2D eigenvalue weighted by atomic mass is 16.5. The van der Waals surface area contributed by atoms with Gasteiger partial charge in [0.15, 0.2) is 23.0 Å². The molecule has 41 heavy (non-hydrogen) atoms.